The molecular weight excluding hydrogens is 474 g/mol. The predicted molar refractivity (Wildman–Crippen MR) is 116 cm³/mol. The Morgan fingerprint density at radius 3 is 2.51 bits per heavy atom. The minimum atomic E-state index is -2.93. The molecule has 0 bridgehead atoms. The van der Waals surface area contributed by atoms with Crippen molar-refractivity contribution in [1.82, 2.24) is 14.6 Å². The highest BCUT2D eigenvalue weighted by molar-refractivity contribution is 6.08. The van der Waals surface area contributed by atoms with Crippen molar-refractivity contribution < 1.29 is 32.0 Å². The predicted octanol–water partition coefficient (Wildman–Crippen LogP) is 5.14. The Labute approximate surface area is 194 Å². The lowest BCUT2D eigenvalue weighted by Gasteiger charge is -2.10. The zero-order valence-corrected chi connectivity index (χ0v) is 17.6. The lowest BCUT2D eigenvalue weighted by Crippen LogP contribution is -2.13. The number of nitro groups is 1. The average molecular weight is 489 g/mol. The number of non-ortho nitro benzene ring substituents is 1. The van der Waals surface area contributed by atoms with Crippen LogP contribution in [-0.2, 0) is 0 Å². The van der Waals surface area contributed by atoms with E-state index in [0.29, 0.717) is 5.56 Å². The molecule has 2 aromatic carbocycles. The van der Waals surface area contributed by atoms with Crippen molar-refractivity contribution in [3.8, 4) is 17.0 Å². The molecule has 0 aliphatic rings. The highest BCUT2D eigenvalue weighted by atomic mass is 19.3. The summed E-state index contributed by atoms with van der Waals surface area (Å²) >= 11 is 0. The van der Waals surface area contributed by atoms with E-state index < -0.39 is 41.7 Å². The van der Waals surface area contributed by atoms with Crippen LogP contribution in [0.5, 0.6) is 5.75 Å². The summed E-state index contributed by atoms with van der Waals surface area (Å²) < 4.78 is 58.0. The number of hydrogen-bond donors (Lipinski definition) is 1. The first-order valence-electron chi connectivity index (χ1n) is 9.97. The van der Waals surface area contributed by atoms with Gasteiger partial charge in [-0.3, -0.25) is 14.9 Å². The Bertz CT molecular complexity index is 1400. The summed E-state index contributed by atoms with van der Waals surface area (Å²) in [7, 11) is 0. The van der Waals surface area contributed by atoms with Crippen molar-refractivity contribution >= 4 is 22.9 Å². The number of hydrogen-bond acceptors (Lipinski definition) is 6. The van der Waals surface area contributed by atoms with Crippen LogP contribution < -0.4 is 10.1 Å². The maximum atomic E-state index is 13.7. The fourth-order valence-corrected chi connectivity index (χ4v) is 3.26. The molecule has 0 aliphatic carbocycles. The molecule has 4 aromatic rings. The zero-order valence-electron chi connectivity index (χ0n) is 17.6. The molecule has 0 saturated carbocycles. The van der Waals surface area contributed by atoms with Gasteiger partial charge in [-0.15, -0.1) is 0 Å². The summed E-state index contributed by atoms with van der Waals surface area (Å²) in [6.45, 7) is -1.01. The van der Waals surface area contributed by atoms with E-state index in [1.807, 2.05) is 0 Å². The van der Waals surface area contributed by atoms with E-state index in [-0.39, 0.29) is 28.3 Å². The molecule has 0 radical (unpaired) electrons. The molecule has 180 valence electrons. The van der Waals surface area contributed by atoms with Crippen molar-refractivity contribution in [2.24, 2.45) is 0 Å². The number of benzene rings is 2. The highest BCUT2D eigenvalue weighted by Crippen LogP contribution is 2.29. The van der Waals surface area contributed by atoms with E-state index in [1.54, 1.807) is 30.3 Å². The van der Waals surface area contributed by atoms with Crippen LogP contribution >= 0.6 is 0 Å². The molecule has 1 N–H and O–H groups in total. The van der Waals surface area contributed by atoms with Crippen molar-refractivity contribution in [1.29, 1.82) is 0 Å². The van der Waals surface area contributed by atoms with Crippen LogP contribution in [-0.4, -0.2) is 38.5 Å². The van der Waals surface area contributed by atoms with E-state index in [1.165, 1.54) is 0 Å². The summed E-state index contributed by atoms with van der Waals surface area (Å²) in [5, 5.41) is 17.4. The number of carbonyl (C=O) groups excluding carboxylic acids is 1. The summed E-state index contributed by atoms with van der Waals surface area (Å²) in [6, 6.07) is 12.7. The molecule has 4 rings (SSSR count). The number of alkyl halides is 4. The van der Waals surface area contributed by atoms with E-state index in [4.69, 9.17) is 4.74 Å². The largest absolute Gasteiger partial charge is 0.487 e. The first kappa shape index (κ1) is 23.6. The van der Waals surface area contributed by atoms with Crippen LogP contribution in [0.25, 0.3) is 16.9 Å². The Morgan fingerprint density at radius 1 is 1.11 bits per heavy atom. The van der Waals surface area contributed by atoms with Gasteiger partial charge >= 0.3 is 0 Å². The van der Waals surface area contributed by atoms with Crippen molar-refractivity contribution in [2.75, 3.05) is 11.9 Å². The van der Waals surface area contributed by atoms with Crippen molar-refractivity contribution in [3.05, 3.63) is 82.2 Å². The number of aromatic nitrogens is 3. The van der Waals surface area contributed by atoms with Crippen LogP contribution in [0.2, 0.25) is 0 Å². The van der Waals surface area contributed by atoms with Gasteiger partial charge in [0.05, 0.1) is 28.6 Å². The van der Waals surface area contributed by atoms with Crippen LogP contribution in [0.4, 0.5) is 28.9 Å². The molecule has 1 amide bonds. The van der Waals surface area contributed by atoms with Crippen molar-refractivity contribution in [2.45, 2.75) is 12.9 Å². The SMILES string of the molecule is O=C(Nc1cc(OCC(F)F)cc([N+](=O)[O-])c1)c1cnn2c(C(F)F)cc(-c3ccccc3)nc12. The first-order chi connectivity index (χ1) is 16.7. The number of ether oxygens (including phenoxy) is 1. The van der Waals surface area contributed by atoms with Gasteiger partial charge < -0.3 is 10.1 Å². The molecule has 35 heavy (non-hydrogen) atoms. The third kappa shape index (κ3) is 5.18. The summed E-state index contributed by atoms with van der Waals surface area (Å²) in [5.41, 5.74) is -0.793. The van der Waals surface area contributed by atoms with Gasteiger partial charge in [-0.2, -0.15) is 5.10 Å². The smallest absolute Gasteiger partial charge is 0.280 e. The summed E-state index contributed by atoms with van der Waals surface area (Å²) in [4.78, 5) is 27.7. The van der Waals surface area contributed by atoms with Crippen molar-refractivity contribution in [3.63, 3.8) is 0 Å². The van der Waals surface area contributed by atoms with E-state index in [2.05, 4.69) is 15.4 Å². The third-order valence-electron chi connectivity index (χ3n) is 4.77. The number of nitrogens with zero attached hydrogens (tertiary/aromatic N) is 4. The summed E-state index contributed by atoms with van der Waals surface area (Å²) in [5.74, 6) is -1.13. The fraction of sp³-hybridized carbons (Fsp3) is 0.136. The Morgan fingerprint density at radius 2 is 1.86 bits per heavy atom. The van der Waals surface area contributed by atoms with Gasteiger partial charge in [0.25, 0.3) is 24.4 Å². The van der Waals surface area contributed by atoms with E-state index in [0.717, 1.165) is 35.0 Å². The maximum absolute atomic E-state index is 13.7. The zero-order chi connectivity index (χ0) is 25.1. The lowest BCUT2D eigenvalue weighted by atomic mass is 10.1. The second-order valence-corrected chi connectivity index (χ2v) is 7.16. The molecule has 0 fully saturated rings. The minimum Gasteiger partial charge on any atom is -0.487 e. The van der Waals surface area contributed by atoms with Gasteiger partial charge in [0.15, 0.2) is 5.65 Å². The molecular formula is C22H15F4N5O4. The summed E-state index contributed by atoms with van der Waals surface area (Å²) in [6.07, 6.45) is -4.71. The molecule has 0 saturated heterocycles. The number of carbonyl (C=O) groups is 1. The first-order valence-corrected chi connectivity index (χ1v) is 9.97. The molecule has 13 heteroatoms. The monoisotopic (exact) mass is 489 g/mol. The van der Waals surface area contributed by atoms with Crippen LogP contribution in [0.3, 0.4) is 0 Å². The minimum absolute atomic E-state index is 0.138. The normalized spacial score (nSPS) is 11.3. The molecule has 0 aliphatic heterocycles. The van der Waals surface area contributed by atoms with Gasteiger partial charge in [-0.25, -0.2) is 27.1 Å². The second-order valence-electron chi connectivity index (χ2n) is 7.16. The Kier molecular flexibility index (Phi) is 6.57. The number of nitro benzene ring substituents is 1. The maximum Gasteiger partial charge on any atom is 0.280 e. The number of amides is 1. The fourth-order valence-electron chi connectivity index (χ4n) is 3.26. The number of fused-ring (bicyclic) bond motifs is 1. The quantitative estimate of drug-likeness (QED) is 0.208. The van der Waals surface area contributed by atoms with Crippen LogP contribution in [0.1, 0.15) is 22.5 Å². The highest BCUT2D eigenvalue weighted by Gasteiger charge is 2.22. The van der Waals surface area contributed by atoms with Crippen LogP contribution in [0.15, 0.2) is 60.8 Å². The van der Waals surface area contributed by atoms with E-state index in [9.17, 15) is 32.5 Å². The molecule has 9 nitrogen and oxygen atoms in total. The van der Waals surface area contributed by atoms with E-state index >= 15 is 0 Å². The molecule has 2 heterocycles. The topological polar surface area (TPSA) is 112 Å². The van der Waals surface area contributed by atoms with Gasteiger partial charge in [0.1, 0.15) is 23.6 Å². The Hall–Kier alpha value is -4.55. The number of anilines is 1. The van der Waals surface area contributed by atoms with Gasteiger partial charge in [-0.1, -0.05) is 30.3 Å². The number of halogens is 4. The third-order valence-corrected chi connectivity index (χ3v) is 4.77. The van der Waals surface area contributed by atoms with Gasteiger partial charge in [-0.05, 0) is 6.07 Å². The standard InChI is InChI=1S/C22H15F4N5O4/c23-19(24)11-35-15-7-13(6-14(8-15)31(33)34)28-22(32)16-10-27-30-18(20(25)26)9-17(29-21(16)30)12-4-2-1-3-5-12/h1-10,19-20H,11H2,(H,28,32). The Balaban J connectivity index is 1.73. The average Bonchev–Trinajstić information content (AvgIpc) is 3.26. The van der Waals surface area contributed by atoms with Gasteiger partial charge in [0, 0.05) is 17.7 Å². The number of nitrogens with one attached hydrogen (secondary N) is 1. The number of rotatable bonds is 8. The van der Waals surface area contributed by atoms with Crippen LogP contribution in [0, 0.1) is 10.1 Å². The lowest BCUT2D eigenvalue weighted by molar-refractivity contribution is -0.384. The second kappa shape index (κ2) is 9.75. The molecule has 0 atom stereocenters. The van der Waals surface area contributed by atoms with Gasteiger partial charge in [0.2, 0.25) is 0 Å². The molecule has 0 unspecified atom stereocenters. The molecule has 2 aromatic heterocycles. The molecule has 0 spiro atoms.